The van der Waals surface area contributed by atoms with Gasteiger partial charge in [0.1, 0.15) is 18.0 Å². The van der Waals surface area contributed by atoms with Gasteiger partial charge in [0.25, 0.3) is 0 Å². The number of para-hydroxylation sites is 1. The fraction of sp³-hybridized carbons (Fsp3) is 0.263. The molecule has 2 rings (SSSR count). The van der Waals surface area contributed by atoms with Crippen LogP contribution in [0.4, 0.5) is 11.4 Å². The first-order valence-corrected chi connectivity index (χ1v) is 7.82. The zero-order chi connectivity index (χ0) is 18.4. The predicted octanol–water partition coefficient (Wildman–Crippen LogP) is 3.00. The van der Waals surface area contributed by atoms with E-state index in [1.54, 1.807) is 25.3 Å². The average molecular weight is 342 g/mol. The van der Waals surface area contributed by atoms with Gasteiger partial charge in [-0.3, -0.25) is 9.59 Å². The van der Waals surface area contributed by atoms with E-state index in [1.807, 2.05) is 31.2 Å². The highest BCUT2D eigenvalue weighted by molar-refractivity contribution is 6.02. The highest BCUT2D eigenvalue weighted by Gasteiger charge is 2.18. The summed E-state index contributed by atoms with van der Waals surface area (Å²) in [7, 11) is 3.07. The molecule has 2 aromatic carbocycles. The number of amides is 2. The molecule has 2 aromatic rings. The van der Waals surface area contributed by atoms with Gasteiger partial charge in [-0.1, -0.05) is 18.2 Å². The SMILES string of the molecule is COc1ccc(NC(=O)CN(C(C)=O)c2ccccc2C)c(OC)c1. The Labute approximate surface area is 147 Å². The first-order chi connectivity index (χ1) is 12.0. The van der Waals surface area contributed by atoms with Crippen molar-refractivity contribution in [2.24, 2.45) is 0 Å². The molecule has 132 valence electrons. The van der Waals surface area contributed by atoms with E-state index in [0.717, 1.165) is 5.56 Å². The van der Waals surface area contributed by atoms with Crippen LogP contribution in [0.25, 0.3) is 0 Å². The Morgan fingerprint density at radius 3 is 2.40 bits per heavy atom. The van der Waals surface area contributed by atoms with Crippen molar-refractivity contribution >= 4 is 23.2 Å². The number of anilines is 2. The summed E-state index contributed by atoms with van der Waals surface area (Å²) in [6.45, 7) is 3.25. The first-order valence-electron chi connectivity index (χ1n) is 7.82. The molecular weight excluding hydrogens is 320 g/mol. The Morgan fingerprint density at radius 1 is 1.08 bits per heavy atom. The lowest BCUT2D eigenvalue weighted by atomic mass is 10.2. The van der Waals surface area contributed by atoms with Crippen LogP contribution in [0.1, 0.15) is 12.5 Å². The van der Waals surface area contributed by atoms with Crippen molar-refractivity contribution in [3.8, 4) is 11.5 Å². The molecule has 0 saturated heterocycles. The largest absolute Gasteiger partial charge is 0.497 e. The maximum Gasteiger partial charge on any atom is 0.244 e. The molecule has 6 nitrogen and oxygen atoms in total. The van der Waals surface area contributed by atoms with Crippen LogP contribution in [0.3, 0.4) is 0 Å². The van der Waals surface area contributed by atoms with Crippen LogP contribution >= 0.6 is 0 Å². The third-order valence-corrected chi connectivity index (χ3v) is 3.77. The van der Waals surface area contributed by atoms with E-state index in [4.69, 9.17) is 9.47 Å². The summed E-state index contributed by atoms with van der Waals surface area (Å²) < 4.78 is 10.4. The number of nitrogens with zero attached hydrogens (tertiary/aromatic N) is 1. The van der Waals surface area contributed by atoms with Gasteiger partial charge in [0.05, 0.1) is 19.9 Å². The number of methoxy groups -OCH3 is 2. The zero-order valence-electron chi connectivity index (χ0n) is 14.8. The Hall–Kier alpha value is -3.02. The quantitative estimate of drug-likeness (QED) is 0.876. The number of hydrogen-bond acceptors (Lipinski definition) is 4. The fourth-order valence-electron chi connectivity index (χ4n) is 2.47. The van der Waals surface area contributed by atoms with Gasteiger partial charge in [-0.25, -0.2) is 0 Å². The lowest BCUT2D eigenvalue weighted by Gasteiger charge is -2.22. The number of carbonyl (C=O) groups is 2. The third kappa shape index (κ3) is 4.50. The minimum atomic E-state index is -0.318. The van der Waals surface area contributed by atoms with Crippen molar-refractivity contribution in [2.45, 2.75) is 13.8 Å². The van der Waals surface area contributed by atoms with E-state index < -0.39 is 0 Å². The Kier molecular flexibility index (Phi) is 6.00. The first kappa shape index (κ1) is 18.3. The topological polar surface area (TPSA) is 67.9 Å². The number of hydrogen-bond donors (Lipinski definition) is 1. The van der Waals surface area contributed by atoms with Gasteiger partial charge in [0.15, 0.2) is 0 Å². The van der Waals surface area contributed by atoms with Gasteiger partial charge >= 0.3 is 0 Å². The summed E-state index contributed by atoms with van der Waals surface area (Å²) in [4.78, 5) is 25.9. The van der Waals surface area contributed by atoms with Crippen molar-refractivity contribution in [2.75, 3.05) is 31.0 Å². The second-order valence-electron chi connectivity index (χ2n) is 5.51. The van der Waals surface area contributed by atoms with Crippen LogP contribution < -0.4 is 19.7 Å². The molecule has 0 aliphatic carbocycles. The normalized spacial score (nSPS) is 10.1. The second-order valence-corrected chi connectivity index (χ2v) is 5.51. The molecule has 0 spiro atoms. The van der Waals surface area contributed by atoms with Gasteiger partial charge in [-0.15, -0.1) is 0 Å². The Balaban J connectivity index is 2.18. The fourth-order valence-corrected chi connectivity index (χ4v) is 2.47. The number of ether oxygens (including phenoxy) is 2. The highest BCUT2D eigenvalue weighted by atomic mass is 16.5. The number of nitrogens with one attached hydrogen (secondary N) is 1. The van der Waals surface area contributed by atoms with Gasteiger partial charge in [-0.05, 0) is 30.7 Å². The van der Waals surface area contributed by atoms with Crippen LogP contribution in [0.15, 0.2) is 42.5 Å². The molecule has 0 aliphatic heterocycles. The summed E-state index contributed by atoms with van der Waals surface area (Å²) in [6.07, 6.45) is 0. The van der Waals surface area contributed by atoms with E-state index in [2.05, 4.69) is 5.32 Å². The molecule has 0 atom stereocenters. The predicted molar refractivity (Wildman–Crippen MR) is 97.4 cm³/mol. The van der Waals surface area contributed by atoms with E-state index in [1.165, 1.54) is 18.9 Å². The molecule has 0 heterocycles. The van der Waals surface area contributed by atoms with Crippen molar-refractivity contribution < 1.29 is 19.1 Å². The van der Waals surface area contributed by atoms with Crippen LogP contribution in [0.2, 0.25) is 0 Å². The van der Waals surface area contributed by atoms with Gasteiger partial charge in [0.2, 0.25) is 11.8 Å². The van der Waals surface area contributed by atoms with Crippen LogP contribution in [0, 0.1) is 6.92 Å². The van der Waals surface area contributed by atoms with Crippen molar-refractivity contribution in [3.63, 3.8) is 0 Å². The summed E-state index contributed by atoms with van der Waals surface area (Å²) in [6, 6.07) is 12.5. The van der Waals surface area contributed by atoms with E-state index in [0.29, 0.717) is 22.9 Å². The highest BCUT2D eigenvalue weighted by Crippen LogP contribution is 2.29. The number of carbonyl (C=O) groups excluding carboxylic acids is 2. The lowest BCUT2D eigenvalue weighted by molar-refractivity contribution is -0.120. The summed E-state index contributed by atoms with van der Waals surface area (Å²) in [5.41, 5.74) is 2.15. The van der Waals surface area contributed by atoms with Gasteiger partial charge < -0.3 is 19.7 Å². The Morgan fingerprint density at radius 2 is 1.80 bits per heavy atom. The second kappa shape index (κ2) is 8.19. The van der Waals surface area contributed by atoms with E-state index >= 15 is 0 Å². The summed E-state index contributed by atoms with van der Waals surface area (Å²) in [5, 5.41) is 2.77. The smallest absolute Gasteiger partial charge is 0.244 e. The molecule has 0 radical (unpaired) electrons. The molecule has 0 aromatic heterocycles. The average Bonchev–Trinajstić information content (AvgIpc) is 2.60. The van der Waals surface area contributed by atoms with Crippen molar-refractivity contribution in [1.82, 2.24) is 0 Å². The molecule has 25 heavy (non-hydrogen) atoms. The molecule has 0 fully saturated rings. The number of aryl methyl sites for hydroxylation is 1. The third-order valence-electron chi connectivity index (χ3n) is 3.77. The minimum Gasteiger partial charge on any atom is -0.497 e. The van der Waals surface area contributed by atoms with Gasteiger partial charge in [-0.2, -0.15) is 0 Å². The zero-order valence-corrected chi connectivity index (χ0v) is 14.8. The summed E-state index contributed by atoms with van der Waals surface area (Å²) >= 11 is 0. The van der Waals surface area contributed by atoms with Crippen molar-refractivity contribution in [1.29, 1.82) is 0 Å². The minimum absolute atomic E-state index is 0.0879. The Bertz CT molecular complexity index is 774. The molecule has 2 amide bonds. The molecule has 1 N–H and O–H groups in total. The van der Waals surface area contributed by atoms with Crippen LogP contribution in [-0.2, 0) is 9.59 Å². The van der Waals surface area contributed by atoms with Crippen LogP contribution in [-0.4, -0.2) is 32.6 Å². The lowest BCUT2D eigenvalue weighted by Crippen LogP contribution is -2.37. The molecule has 0 bridgehead atoms. The monoisotopic (exact) mass is 342 g/mol. The molecule has 0 saturated carbocycles. The standard InChI is InChI=1S/C19H22N2O4/c1-13-7-5-6-8-17(13)21(14(2)22)12-19(23)20-16-10-9-15(24-3)11-18(16)25-4/h5-11H,12H2,1-4H3,(H,20,23). The molecule has 0 aliphatic rings. The number of benzene rings is 2. The van der Waals surface area contributed by atoms with E-state index in [-0.39, 0.29) is 18.4 Å². The number of rotatable bonds is 6. The maximum atomic E-state index is 12.4. The van der Waals surface area contributed by atoms with Crippen molar-refractivity contribution in [3.05, 3.63) is 48.0 Å². The molecule has 6 heteroatoms. The molecular formula is C19H22N2O4. The maximum absolute atomic E-state index is 12.4. The van der Waals surface area contributed by atoms with Gasteiger partial charge in [0, 0.05) is 18.7 Å². The summed E-state index contributed by atoms with van der Waals surface area (Å²) in [5.74, 6) is 0.589. The van der Waals surface area contributed by atoms with Crippen LogP contribution in [0.5, 0.6) is 11.5 Å². The van der Waals surface area contributed by atoms with E-state index in [9.17, 15) is 9.59 Å². The molecule has 0 unspecified atom stereocenters.